The molecule has 1 aromatic carbocycles. The highest BCUT2D eigenvalue weighted by Gasteiger charge is 2.37. The van der Waals surface area contributed by atoms with E-state index in [9.17, 15) is 19.5 Å². The smallest absolute Gasteiger partial charge is 0.408 e. The van der Waals surface area contributed by atoms with Gasteiger partial charge in [0.05, 0.1) is 0 Å². The van der Waals surface area contributed by atoms with Gasteiger partial charge in [0, 0.05) is 12.6 Å². The van der Waals surface area contributed by atoms with Crippen molar-refractivity contribution in [2.75, 3.05) is 6.54 Å². The fraction of sp³-hybridized carbons (Fsp3) is 0.640. The van der Waals surface area contributed by atoms with E-state index in [0.717, 1.165) is 12.8 Å². The Kier molecular flexibility index (Phi) is 10.7. The predicted octanol–water partition coefficient (Wildman–Crippen LogP) is 4.14. The maximum absolute atomic E-state index is 13.6. The summed E-state index contributed by atoms with van der Waals surface area (Å²) in [6.45, 7) is 14.8. The Morgan fingerprint density at radius 2 is 1.73 bits per heavy atom. The van der Waals surface area contributed by atoms with Crippen LogP contribution in [0.4, 0.5) is 4.79 Å². The highest BCUT2D eigenvalue weighted by molar-refractivity contribution is 5.92. The number of phenols is 1. The number of nitrogens with zero attached hydrogens (tertiary/aromatic N) is 1. The monoisotopic (exact) mass is 463 g/mol. The number of alkyl carbamates (subject to hydrolysis) is 1. The third kappa shape index (κ3) is 8.94. The van der Waals surface area contributed by atoms with Gasteiger partial charge in [0.25, 0.3) is 0 Å². The van der Waals surface area contributed by atoms with Crippen molar-refractivity contribution in [2.24, 2.45) is 5.92 Å². The molecule has 8 nitrogen and oxygen atoms in total. The molecule has 0 radical (unpaired) electrons. The number of aromatic hydroxyl groups is 1. The Labute approximate surface area is 198 Å². The third-order valence-corrected chi connectivity index (χ3v) is 5.09. The SMILES string of the molecule is CCCC(C)NC(=O)C(c1cccc(O)c1)N(CC)C(=O)C(NC(=O)OC(C)(C)C)C(C)C. The average molecular weight is 464 g/mol. The van der Waals surface area contributed by atoms with Crippen LogP contribution in [0.1, 0.15) is 79.8 Å². The summed E-state index contributed by atoms with van der Waals surface area (Å²) in [5.41, 5.74) is -0.218. The zero-order valence-electron chi connectivity index (χ0n) is 21.3. The second kappa shape index (κ2) is 12.5. The molecule has 0 fully saturated rings. The van der Waals surface area contributed by atoms with Crippen LogP contribution in [0.15, 0.2) is 24.3 Å². The van der Waals surface area contributed by atoms with Gasteiger partial charge in [-0.25, -0.2) is 4.79 Å². The number of nitrogens with one attached hydrogen (secondary N) is 2. The topological polar surface area (TPSA) is 108 Å². The average Bonchev–Trinajstić information content (AvgIpc) is 2.68. The minimum Gasteiger partial charge on any atom is -0.508 e. The molecular formula is C25H41N3O5. The van der Waals surface area contributed by atoms with Gasteiger partial charge >= 0.3 is 6.09 Å². The molecule has 3 N–H and O–H groups in total. The normalized spacial score (nSPS) is 14.2. The number of hydrogen-bond acceptors (Lipinski definition) is 5. The Morgan fingerprint density at radius 3 is 2.21 bits per heavy atom. The molecule has 0 bridgehead atoms. The summed E-state index contributed by atoms with van der Waals surface area (Å²) in [6.07, 6.45) is 1.01. The molecule has 3 atom stereocenters. The Hall–Kier alpha value is -2.77. The summed E-state index contributed by atoms with van der Waals surface area (Å²) < 4.78 is 5.34. The molecule has 33 heavy (non-hydrogen) atoms. The van der Waals surface area contributed by atoms with Gasteiger partial charge in [0.1, 0.15) is 23.4 Å². The summed E-state index contributed by atoms with van der Waals surface area (Å²) in [6, 6.07) is 4.41. The number of carbonyl (C=O) groups excluding carboxylic acids is 3. The molecule has 0 aliphatic rings. The summed E-state index contributed by atoms with van der Waals surface area (Å²) in [7, 11) is 0. The number of amides is 3. The van der Waals surface area contributed by atoms with E-state index in [2.05, 4.69) is 10.6 Å². The number of phenolic OH excluding ortho intramolecular Hbond substituents is 1. The second-order valence-electron chi connectivity index (χ2n) is 9.69. The molecule has 1 aromatic rings. The Balaban J connectivity index is 3.32. The summed E-state index contributed by atoms with van der Waals surface area (Å²) >= 11 is 0. The minimum absolute atomic E-state index is 0.00250. The first-order valence-electron chi connectivity index (χ1n) is 11.7. The highest BCUT2D eigenvalue weighted by Crippen LogP contribution is 2.26. The van der Waals surface area contributed by atoms with Gasteiger partial charge in [0.15, 0.2) is 0 Å². The van der Waals surface area contributed by atoms with Crippen molar-refractivity contribution in [3.8, 4) is 5.75 Å². The molecule has 3 amide bonds. The summed E-state index contributed by atoms with van der Waals surface area (Å²) in [5.74, 6) is -0.977. The predicted molar refractivity (Wildman–Crippen MR) is 129 cm³/mol. The van der Waals surface area contributed by atoms with Crippen molar-refractivity contribution in [2.45, 2.75) is 92.0 Å². The number of rotatable bonds is 10. The largest absolute Gasteiger partial charge is 0.508 e. The first kappa shape index (κ1) is 28.3. The molecule has 0 spiro atoms. The molecule has 0 aromatic heterocycles. The number of likely N-dealkylation sites (N-methyl/N-ethyl adjacent to an activating group) is 1. The van der Waals surface area contributed by atoms with Crippen LogP contribution >= 0.6 is 0 Å². The number of ether oxygens (including phenoxy) is 1. The molecule has 0 aliphatic heterocycles. The standard InChI is InChI=1S/C25H41N3O5/c1-9-12-17(5)26-22(30)21(18-13-11-14-19(29)15-18)28(10-2)23(31)20(16(3)4)27-24(32)33-25(6,7)8/h11,13-17,20-21,29H,9-10,12H2,1-8H3,(H,26,30)(H,27,32). The quantitative estimate of drug-likeness (QED) is 0.483. The van der Waals surface area contributed by atoms with Crippen molar-refractivity contribution < 1.29 is 24.2 Å². The van der Waals surface area contributed by atoms with Crippen LogP contribution in [0.3, 0.4) is 0 Å². The maximum atomic E-state index is 13.6. The zero-order chi connectivity index (χ0) is 25.3. The van der Waals surface area contributed by atoms with Crippen LogP contribution < -0.4 is 10.6 Å². The van der Waals surface area contributed by atoms with Crippen LogP contribution in [0.5, 0.6) is 5.75 Å². The van der Waals surface area contributed by atoms with Crippen LogP contribution in [-0.2, 0) is 14.3 Å². The summed E-state index contributed by atoms with van der Waals surface area (Å²) in [5, 5.41) is 15.7. The van der Waals surface area contributed by atoms with E-state index in [4.69, 9.17) is 4.74 Å². The molecule has 0 aliphatic carbocycles. The van der Waals surface area contributed by atoms with Crippen LogP contribution in [0.2, 0.25) is 0 Å². The maximum Gasteiger partial charge on any atom is 0.408 e. The fourth-order valence-electron chi connectivity index (χ4n) is 3.59. The van der Waals surface area contributed by atoms with Crippen LogP contribution in [0, 0.1) is 5.92 Å². The molecule has 3 unspecified atom stereocenters. The van der Waals surface area contributed by atoms with Crippen molar-refractivity contribution >= 4 is 17.9 Å². The number of carbonyl (C=O) groups is 3. The van der Waals surface area contributed by atoms with E-state index in [-0.39, 0.29) is 30.2 Å². The molecule has 0 heterocycles. The second-order valence-corrected chi connectivity index (χ2v) is 9.69. The lowest BCUT2D eigenvalue weighted by atomic mass is 9.98. The first-order chi connectivity index (χ1) is 15.3. The van der Waals surface area contributed by atoms with Crippen molar-refractivity contribution in [3.63, 3.8) is 0 Å². The molecule has 0 saturated heterocycles. The number of hydrogen-bond donors (Lipinski definition) is 3. The molecule has 186 valence electrons. The van der Waals surface area contributed by atoms with Crippen molar-refractivity contribution in [3.05, 3.63) is 29.8 Å². The molecule has 0 saturated carbocycles. The molecular weight excluding hydrogens is 422 g/mol. The highest BCUT2D eigenvalue weighted by atomic mass is 16.6. The van der Waals surface area contributed by atoms with E-state index in [1.807, 2.05) is 27.7 Å². The van der Waals surface area contributed by atoms with Gasteiger partial charge in [-0.15, -0.1) is 0 Å². The van der Waals surface area contributed by atoms with E-state index < -0.39 is 29.7 Å². The lowest BCUT2D eigenvalue weighted by Gasteiger charge is -2.35. The van der Waals surface area contributed by atoms with Gasteiger partial charge in [-0.3, -0.25) is 9.59 Å². The van der Waals surface area contributed by atoms with Crippen LogP contribution in [0.25, 0.3) is 0 Å². The Morgan fingerprint density at radius 1 is 1.09 bits per heavy atom. The van der Waals surface area contributed by atoms with Gasteiger partial charge < -0.3 is 25.4 Å². The van der Waals surface area contributed by atoms with Gasteiger partial charge in [-0.2, -0.15) is 0 Å². The lowest BCUT2D eigenvalue weighted by Crippen LogP contribution is -2.55. The minimum atomic E-state index is -0.962. The fourth-order valence-corrected chi connectivity index (χ4v) is 3.59. The van der Waals surface area contributed by atoms with Crippen LogP contribution in [-0.4, -0.2) is 52.1 Å². The third-order valence-electron chi connectivity index (χ3n) is 5.09. The van der Waals surface area contributed by atoms with E-state index in [1.54, 1.807) is 39.8 Å². The first-order valence-corrected chi connectivity index (χ1v) is 11.7. The van der Waals surface area contributed by atoms with E-state index in [1.165, 1.54) is 17.0 Å². The Bertz CT molecular complexity index is 803. The lowest BCUT2D eigenvalue weighted by molar-refractivity contribution is -0.143. The van der Waals surface area contributed by atoms with E-state index in [0.29, 0.717) is 5.56 Å². The van der Waals surface area contributed by atoms with Gasteiger partial charge in [-0.05, 0) is 64.7 Å². The molecule has 8 heteroatoms. The van der Waals surface area contributed by atoms with Gasteiger partial charge in [0.2, 0.25) is 11.8 Å². The summed E-state index contributed by atoms with van der Waals surface area (Å²) in [4.78, 5) is 40.8. The number of benzene rings is 1. The van der Waals surface area contributed by atoms with E-state index >= 15 is 0 Å². The van der Waals surface area contributed by atoms with Crippen molar-refractivity contribution in [1.82, 2.24) is 15.5 Å². The van der Waals surface area contributed by atoms with Crippen molar-refractivity contribution in [1.29, 1.82) is 0 Å². The van der Waals surface area contributed by atoms with Gasteiger partial charge in [-0.1, -0.05) is 39.3 Å². The molecule has 1 rings (SSSR count). The zero-order valence-corrected chi connectivity index (χ0v) is 21.3.